The summed E-state index contributed by atoms with van der Waals surface area (Å²) in [6.07, 6.45) is 0. The molecule has 0 aliphatic rings. The van der Waals surface area contributed by atoms with Crippen LogP contribution in [-0.2, 0) is 5.41 Å². The van der Waals surface area contributed by atoms with Gasteiger partial charge < -0.3 is 9.47 Å². The lowest BCUT2D eigenvalue weighted by Gasteiger charge is -2.25. The molecule has 0 bridgehead atoms. The highest BCUT2D eigenvalue weighted by atomic mass is 16.5. The third kappa shape index (κ3) is 4.46. The number of hydrogen-bond acceptors (Lipinski definition) is 4. The lowest BCUT2D eigenvalue weighted by Crippen LogP contribution is -2.25. The quantitative estimate of drug-likeness (QED) is 0.452. The van der Waals surface area contributed by atoms with Gasteiger partial charge in [0.2, 0.25) is 0 Å². The van der Waals surface area contributed by atoms with Crippen LogP contribution in [0.3, 0.4) is 0 Å². The SMILES string of the molecule is CC(C)(C)c1c(C(=O)Oc2ccccc2)cccc1C(=O)Oc1ccccc1. The van der Waals surface area contributed by atoms with Crippen molar-refractivity contribution in [1.82, 2.24) is 0 Å². The Labute approximate surface area is 164 Å². The summed E-state index contributed by atoms with van der Waals surface area (Å²) in [5.41, 5.74) is 0.812. The molecule has 0 amide bonds. The fourth-order valence-corrected chi connectivity index (χ4v) is 3.00. The first-order valence-electron chi connectivity index (χ1n) is 9.04. The molecule has 0 heterocycles. The van der Waals surface area contributed by atoms with Crippen molar-refractivity contribution in [2.24, 2.45) is 0 Å². The summed E-state index contributed by atoms with van der Waals surface area (Å²) >= 11 is 0. The van der Waals surface area contributed by atoms with Gasteiger partial charge in [0.15, 0.2) is 0 Å². The fourth-order valence-electron chi connectivity index (χ4n) is 3.00. The Morgan fingerprint density at radius 2 is 1.00 bits per heavy atom. The van der Waals surface area contributed by atoms with Gasteiger partial charge in [-0.3, -0.25) is 0 Å². The van der Waals surface area contributed by atoms with Gasteiger partial charge in [-0.05, 0) is 47.4 Å². The minimum atomic E-state index is -0.509. The van der Waals surface area contributed by atoms with E-state index in [1.54, 1.807) is 66.7 Å². The molecule has 0 saturated heterocycles. The van der Waals surface area contributed by atoms with E-state index in [2.05, 4.69) is 0 Å². The molecule has 3 aromatic rings. The van der Waals surface area contributed by atoms with Gasteiger partial charge in [0.25, 0.3) is 0 Å². The highest BCUT2D eigenvalue weighted by Gasteiger charge is 2.29. The smallest absolute Gasteiger partial charge is 0.343 e. The van der Waals surface area contributed by atoms with Gasteiger partial charge in [-0.1, -0.05) is 63.2 Å². The molecular formula is C24H22O4. The van der Waals surface area contributed by atoms with E-state index in [1.807, 2.05) is 32.9 Å². The minimum absolute atomic E-state index is 0.346. The molecule has 0 spiro atoms. The van der Waals surface area contributed by atoms with Gasteiger partial charge in [0, 0.05) is 0 Å². The van der Waals surface area contributed by atoms with E-state index in [0.29, 0.717) is 28.2 Å². The van der Waals surface area contributed by atoms with Crippen molar-refractivity contribution in [3.05, 3.63) is 95.6 Å². The van der Waals surface area contributed by atoms with Gasteiger partial charge in [-0.2, -0.15) is 0 Å². The zero-order valence-corrected chi connectivity index (χ0v) is 16.1. The lowest BCUT2D eigenvalue weighted by molar-refractivity contribution is 0.0729. The van der Waals surface area contributed by atoms with Crippen LogP contribution in [0.5, 0.6) is 11.5 Å². The molecule has 142 valence electrons. The highest BCUT2D eigenvalue weighted by molar-refractivity contribution is 6.00. The van der Waals surface area contributed by atoms with Crippen LogP contribution in [0.4, 0.5) is 0 Å². The largest absolute Gasteiger partial charge is 0.423 e. The molecule has 0 aliphatic heterocycles. The van der Waals surface area contributed by atoms with E-state index >= 15 is 0 Å². The number of para-hydroxylation sites is 2. The Kier molecular flexibility index (Phi) is 5.59. The topological polar surface area (TPSA) is 52.6 Å². The number of carbonyl (C=O) groups is 2. The van der Waals surface area contributed by atoms with Crippen molar-refractivity contribution in [3.8, 4) is 11.5 Å². The number of esters is 2. The molecule has 0 fully saturated rings. The first-order valence-corrected chi connectivity index (χ1v) is 9.04. The molecule has 0 atom stereocenters. The Bertz CT molecular complexity index is 899. The Morgan fingerprint density at radius 3 is 1.36 bits per heavy atom. The summed E-state index contributed by atoms with van der Waals surface area (Å²) < 4.78 is 11.0. The average Bonchev–Trinajstić information content (AvgIpc) is 2.68. The summed E-state index contributed by atoms with van der Waals surface area (Å²) in [5, 5.41) is 0. The number of rotatable bonds is 4. The van der Waals surface area contributed by atoms with Crippen molar-refractivity contribution in [2.75, 3.05) is 0 Å². The molecular weight excluding hydrogens is 352 g/mol. The summed E-state index contributed by atoms with van der Waals surface area (Å²) in [6, 6.07) is 22.7. The molecule has 4 heteroatoms. The number of benzene rings is 3. The van der Waals surface area contributed by atoms with Crippen LogP contribution < -0.4 is 9.47 Å². The molecule has 28 heavy (non-hydrogen) atoms. The van der Waals surface area contributed by atoms with Crippen LogP contribution in [0.25, 0.3) is 0 Å². The first-order chi connectivity index (χ1) is 13.4. The first kappa shape index (κ1) is 19.4. The molecule has 0 aromatic heterocycles. The van der Waals surface area contributed by atoms with Gasteiger partial charge in [-0.15, -0.1) is 0 Å². The maximum Gasteiger partial charge on any atom is 0.343 e. The van der Waals surface area contributed by atoms with Crippen LogP contribution in [0.15, 0.2) is 78.9 Å². The summed E-state index contributed by atoms with van der Waals surface area (Å²) in [7, 11) is 0. The molecule has 0 N–H and O–H groups in total. The van der Waals surface area contributed by atoms with Crippen LogP contribution in [0, 0.1) is 0 Å². The lowest BCUT2D eigenvalue weighted by atomic mass is 9.80. The van der Waals surface area contributed by atoms with Crippen molar-refractivity contribution in [3.63, 3.8) is 0 Å². The second-order valence-corrected chi connectivity index (χ2v) is 7.38. The Morgan fingerprint density at radius 1 is 0.607 bits per heavy atom. The maximum absolute atomic E-state index is 12.8. The maximum atomic E-state index is 12.8. The van der Waals surface area contributed by atoms with Crippen LogP contribution >= 0.6 is 0 Å². The van der Waals surface area contributed by atoms with Crippen molar-refractivity contribution < 1.29 is 19.1 Å². The Balaban J connectivity index is 1.98. The number of hydrogen-bond donors (Lipinski definition) is 0. The van der Waals surface area contributed by atoms with E-state index in [9.17, 15) is 9.59 Å². The molecule has 3 aromatic carbocycles. The van der Waals surface area contributed by atoms with Crippen molar-refractivity contribution in [2.45, 2.75) is 26.2 Å². The van der Waals surface area contributed by atoms with Crippen LogP contribution in [0.1, 0.15) is 47.1 Å². The van der Waals surface area contributed by atoms with Gasteiger partial charge in [0.05, 0.1) is 11.1 Å². The van der Waals surface area contributed by atoms with E-state index in [-0.39, 0.29) is 0 Å². The predicted molar refractivity (Wildman–Crippen MR) is 108 cm³/mol. The third-order valence-corrected chi connectivity index (χ3v) is 4.16. The summed E-state index contributed by atoms with van der Waals surface area (Å²) in [6.45, 7) is 5.84. The monoisotopic (exact) mass is 374 g/mol. The molecule has 0 aliphatic carbocycles. The van der Waals surface area contributed by atoms with Gasteiger partial charge in [0.1, 0.15) is 11.5 Å². The van der Waals surface area contributed by atoms with E-state index in [1.165, 1.54) is 0 Å². The average molecular weight is 374 g/mol. The van der Waals surface area contributed by atoms with E-state index < -0.39 is 17.4 Å². The predicted octanol–water partition coefficient (Wildman–Crippen LogP) is 5.42. The van der Waals surface area contributed by atoms with Crippen LogP contribution in [-0.4, -0.2) is 11.9 Å². The summed E-state index contributed by atoms with van der Waals surface area (Å²) in [4.78, 5) is 25.7. The standard InChI is InChI=1S/C24H22O4/c1-24(2,3)21-19(22(25)27-17-11-6-4-7-12-17)15-10-16-20(21)23(26)28-18-13-8-5-9-14-18/h4-16H,1-3H3. The highest BCUT2D eigenvalue weighted by Crippen LogP contribution is 2.31. The molecule has 0 saturated carbocycles. The Hall–Kier alpha value is -3.40. The van der Waals surface area contributed by atoms with Crippen molar-refractivity contribution >= 4 is 11.9 Å². The second kappa shape index (κ2) is 8.09. The van der Waals surface area contributed by atoms with E-state index in [4.69, 9.17) is 9.47 Å². The molecule has 0 unspecified atom stereocenters. The molecule has 4 nitrogen and oxygen atoms in total. The fraction of sp³-hybridized carbons (Fsp3) is 0.167. The second-order valence-electron chi connectivity index (χ2n) is 7.38. The third-order valence-electron chi connectivity index (χ3n) is 4.16. The summed E-state index contributed by atoms with van der Waals surface area (Å²) in [5.74, 6) is -0.120. The normalized spacial score (nSPS) is 11.0. The van der Waals surface area contributed by atoms with Crippen LogP contribution in [0.2, 0.25) is 0 Å². The van der Waals surface area contributed by atoms with Gasteiger partial charge >= 0.3 is 11.9 Å². The minimum Gasteiger partial charge on any atom is -0.423 e. The van der Waals surface area contributed by atoms with Gasteiger partial charge in [-0.25, -0.2) is 9.59 Å². The zero-order valence-electron chi connectivity index (χ0n) is 16.1. The zero-order chi connectivity index (χ0) is 20.1. The number of carbonyl (C=O) groups excluding carboxylic acids is 2. The van der Waals surface area contributed by atoms with E-state index in [0.717, 1.165) is 0 Å². The molecule has 3 rings (SSSR count). The van der Waals surface area contributed by atoms with Crippen molar-refractivity contribution in [1.29, 1.82) is 0 Å². The molecule has 0 radical (unpaired) electrons. The number of ether oxygens (including phenoxy) is 2.